The lowest BCUT2D eigenvalue weighted by Gasteiger charge is -2.12. The highest BCUT2D eigenvalue weighted by atomic mass is 32.2. The minimum Gasteiger partial charge on any atom is -0.302 e. The van der Waals surface area contributed by atoms with Gasteiger partial charge in [-0.15, -0.1) is 21.5 Å². The number of thioether (sulfide) groups is 1. The number of halogens is 2. The summed E-state index contributed by atoms with van der Waals surface area (Å²) in [4.78, 5) is 21.1. The third-order valence-corrected chi connectivity index (χ3v) is 6.54. The molecule has 1 amide bonds. The van der Waals surface area contributed by atoms with E-state index in [4.69, 9.17) is 0 Å². The molecule has 4 aromatic rings. The number of nitrogens with zero attached hydrogens (tertiary/aromatic N) is 5. The molecule has 3 aromatic heterocycles. The monoisotopic (exact) mass is 486 g/mol. The Bertz CT molecular complexity index is 1260. The molecule has 0 aliphatic rings. The van der Waals surface area contributed by atoms with Gasteiger partial charge < -0.3 is 9.88 Å². The summed E-state index contributed by atoms with van der Waals surface area (Å²) in [5.41, 5.74) is 1.80. The molecule has 0 fully saturated rings. The maximum Gasteiger partial charge on any atom is 0.239 e. The van der Waals surface area contributed by atoms with Gasteiger partial charge in [-0.1, -0.05) is 18.7 Å². The van der Waals surface area contributed by atoms with E-state index in [9.17, 15) is 13.6 Å². The first kappa shape index (κ1) is 23.0. The lowest BCUT2D eigenvalue weighted by molar-refractivity contribution is -0.115. The Labute approximate surface area is 197 Å². The van der Waals surface area contributed by atoms with Crippen LogP contribution in [0.4, 0.5) is 13.9 Å². The van der Waals surface area contributed by atoms with Crippen molar-refractivity contribution in [2.45, 2.75) is 37.2 Å². The van der Waals surface area contributed by atoms with Gasteiger partial charge in [0.25, 0.3) is 0 Å². The molecule has 0 aliphatic carbocycles. The van der Waals surface area contributed by atoms with E-state index in [0.29, 0.717) is 28.1 Å². The van der Waals surface area contributed by atoms with Crippen LogP contribution in [0.2, 0.25) is 0 Å². The number of benzene rings is 1. The molecule has 0 spiro atoms. The number of pyridine rings is 1. The number of carbonyl (C=O) groups excluding carboxylic acids is 1. The Morgan fingerprint density at radius 2 is 1.94 bits per heavy atom. The van der Waals surface area contributed by atoms with E-state index in [2.05, 4.69) is 32.4 Å². The third kappa shape index (κ3) is 5.25. The predicted octanol–water partition coefficient (Wildman–Crippen LogP) is 5.27. The molecule has 0 aliphatic heterocycles. The van der Waals surface area contributed by atoms with Gasteiger partial charge in [0.1, 0.15) is 0 Å². The number of carbonyl (C=O) groups is 1. The van der Waals surface area contributed by atoms with Crippen molar-refractivity contribution in [1.82, 2.24) is 24.7 Å². The van der Waals surface area contributed by atoms with Crippen LogP contribution in [0.3, 0.4) is 0 Å². The molecule has 0 bridgehead atoms. The number of hydrogen-bond acceptors (Lipinski definition) is 7. The summed E-state index contributed by atoms with van der Waals surface area (Å²) in [6, 6.07) is 7.31. The summed E-state index contributed by atoms with van der Waals surface area (Å²) < 4.78 is 28.7. The fraction of sp³-hybridized carbons (Fsp3) is 0.227. The Morgan fingerprint density at radius 1 is 1.15 bits per heavy atom. The molecule has 4 rings (SSSR count). The van der Waals surface area contributed by atoms with E-state index < -0.39 is 16.9 Å². The fourth-order valence-corrected chi connectivity index (χ4v) is 4.65. The zero-order chi connectivity index (χ0) is 23.4. The normalized spacial score (nSPS) is 12.0. The van der Waals surface area contributed by atoms with Crippen LogP contribution in [0.25, 0.3) is 22.6 Å². The van der Waals surface area contributed by atoms with E-state index in [0.717, 1.165) is 29.9 Å². The highest BCUT2D eigenvalue weighted by molar-refractivity contribution is 8.00. The van der Waals surface area contributed by atoms with Crippen molar-refractivity contribution in [3.8, 4) is 22.6 Å². The fourth-order valence-electron chi connectivity index (χ4n) is 3.05. The van der Waals surface area contributed by atoms with E-state index in [-0.39, 0.29) is 5.91 Å². The second kappa shape index (κ2) is 10.2. The van der Waals surface area contributed by atoms with Gasteiger partial charge in [0.05, 0.1) is 10.9 Å². The molecule has 11 heteroatoms. The average molecular weight is 487 g/mol. The Morgan fingerprint density at radius 3 is 2.67 bits per heavy atom. The number of nitrogens with one attached hydrogen (secondary N) is 1. The van der Waals surface area contributed by atoms with Crippen LogP contribution in [0.1, 0.15) is 20.3 Å². The second-order valence-corrected chi connectivity index (χ2v) is 9.28. The van der Waals surface area contributed by atoms with Crippen LogP contribution in [0.15, 0.2) is 53.3 Å². The third-order valence-electron chi connectivity index (χ3n) is 4.70. The molecule has 7 nitrogen and oxygen atoms in total. The Balaban J connectivity index is 1.46. The van der Waals surface area contributed by atoms with Crippen molar-refractivity contribution in [1.29, 1.82) is 0 Å². The number of hydrogen-bond donors (Lipinski definition) is 1. The molecule has 1 aromatic carbocycles. The van der Waals surface area contributed by atoms with Crippen molar-refractivity contribution in [2.75, 3.05) is 5.32 Å². The molecule has 33 heavy (non-hydrogen) atoms. The van der Waals surface area contributed by atoms with Crippen molar-refractivity contribution in [2.24, 2.45) is 0 Å². The predicted molar refractivity (Wildman–Crippen MR) is 125 cm³/mol. The largest absolute Gasteiger partial charge is 0.302 e. The van der Waals surface area contributed by atoms with Gasteiger partial charge in [-0.25, -0.2) is 13.8 Å². The topological polar surface area (TPSA) is 85.6 Å². The minimum atomic E-state index is -0.946. The van der Waals surface area contributed by atoms with E-state index in [1.165, 1.54) is 29.2 Å². The SMILES string of the molecule is CCCn1c(SC(C)C(=O)Nc2nc(-c3ccc(F)c(F)c3)cs2)nnc1-c1ccncc1. The van der Waals surface area contributed by atoms with E-state index in [1.54, 1.807) is 24.7 Å². The summed E-state index contributed by atoms with van der Waals surface area (Å²) in [6.45, 7) is 4.56. The molecule has 1 unspecified atom stereocenters. The first-order chi connectivity index (χ1) is 16.0. The minimum absolute atomic E-state index is 0.248. The maximum absolute atomic E-state index is 13.5. The van der Waals surface area contributed by atoms with E-state index >= 15 is 0 Å². The highest BCUT2D eigenvalue weighted by Crippen LogP contribution is 2.29. The van der Waals surface area contributed by atoms with E-state index in [1.807, 2.05) is 16.7 Å². The van der Waals surface area contributed by atoms with Crippen LogP contribution >= 0.6 is 23.1 Å². The molecule has 3 heterocycles. The Hall–Kier alpha value is -3.18. The quantitative estimate of drug-likeness (QED) is 0.342. The van der Waals surface area contributed by atoms with Crippen molar-refractivity contribution in [3.05, 3.63) is 59.7 Å². The molecular weight excluding hydrogens is 466 g/mol. The van der Waals surface area contributed by atoms with Gasteiger partial charge in [0.2, 0.25) is 5.91 Å². The summed E-state index contributed by atoms with van der Waals surface area (Å²) >= 11 is 2.52. The van der Waals surface area contributed by atoms with Crippen molar-refractivity contribution >= 4 is 34.1 Å². The molecule has 170 valence electrons. The maximum atomic E-state index is 13.5. The lowest BCUT2D eigenvalue weighted by atomic mass is 10.2. The Kier molecular flexibility index (Phi) is 7.09. The number of amides is 1. The molecule has 0 saturated carbocycles. The summed E-state index contributed by atoms with van der Waals surface area (Å²) in [5, 5.41) is 13.6. The number of rotatable bonds is 8. The van der Waals surface area contributed by atoms with Gasteiger partial charge in [-0.05, 0) is 43.7 Å². The summed E-state index contributed by atoms with van der Waals surface area (Å²) in [5.74, 6) is -1.39. The molecule has 1 N–H and O–H groups in total. The van der Waals surface area contributed by atoms with Crippen LogP contribution in [-0.2, 0) is 11.3 Å². The van der Waals surface area contributed by atoms with Crippen molar-refractivity contribution in [3.63, 3.8) is 0 Å². The zero-order valence-electron chi connectivity index (χ0n) is 17.8. The van der Waals surface area contributed by atoms with Gasteiger partial charge in [-0.2, -0.15) is 0 Å². The van der Waals surface area contributed by atoms with Crippen LogP contribution in [0, 0.1) is 11.6 Å². The van der Waals surface area contributed by atoms with Gasteiger partial charge in [0.15, 0.2) is 27.7 Å². The van der Waals surface area contributed by atoms with Crippen LogP contribution in [0.5, 0.6) is 0 Å². The summed E-state index contributed by atoms with van der Waals surface area (Å²) in [7, 11) is 0. The van der Waals surface area contributed by atoms with Gasteiger partial charge in [-0.3, -0.25) is 9.78 Å². The average Bonchev–Trinajstić information content (AvgIpc) is 3.44. The number of anilines is 1. The molecular formula is C22H20F2N6OS2. The van der Waals surface area contributed by atoms with Crippen LogP contribution < -0.4 is 5.32 Å². The van der Waals surface area contributed by atoms with Gasteiger partial charge >= 0.3 is 0 Å². The molecule has 0 radical (unpaired) electrons. The number of thiazole rings is 1. The van der Waals surface area contributed by atoms with Crippen molar-refractivity contribution < 1.29 is 13.6 Å². The smallest absolute Gasteiger partial charge is 0.239 e. The zero-order valence-corrected chi connectivity index (χ0v) is 19.5. The van der Waals surface area contributed by atoms with Crippen LogP contribution in [-0.4, -0.2) is 35.9 Å². The standard InChI is InChI=1S/C22H20F2N6OS2/c1-3-10-30-19(14-6-8-25-9-7-14)28-29-22(30)33-13(2)20(31)27-21-26-18(12-32-21)15-4-5-16(23)17(24)11-15/h4-9,11-13H,3,10H2,1-2H3,(H,26,27,31). The summed E-state index contributed by atoms with van der Waals surface area (Å²) in [6.07, 6.45) is 4.29. The highest BCUT2D eigenvalue weighted by Gasteiger charge is 2.21. The first-order valence-electron chi connectivity index (χ1n) is 10.2. The first-order valence-corrected chi connectivity index (χ1v) is 11.9. The second-order valence-electron chi connectivity index (χ2n) is 7.11. The molecule has 1 atom stereocenters. The molecule has 0 saturated heterocycles. The van der Waals surface area contributed by atoms with Gasteiger partial charge in [0, 0.05) is 35.4 Å². The number of aromatic nitrogens is 5. The lowest BCUT2D eigenvalue weighted by Crippen LogP contribution is -2.23.